The van der Waals surface area contributed by atoms with Crippen LogP contribution in [-0.4, -0.2) is 60.5 Å². The third kappa shape index (κ3) is 6.42. The molecule has 1 spiro atoms. The van der Waals surface area contributed by atoms with Gasteiger partial charge in [-0.25, -0.2) is 18.2 Å². The molecule has 14 heteroatoms. The maximum Gasteiger partial charge on any atom is 0.262 e. The number of hydrogen-bond acceptors (Lipinski definition) is 8. The Labute approximate surface area is 306 Å². The third-order valence-corrected chi connectivity index (χ3v) is 11.2. The fourth-order valence-electron chi connectivity index (χ4n) is 7.28. The first-order valence-corrected chi connectivity index (χ1v) is 18.0. The number of para-hydroxylation sites is 1. The van der Waals surface area contributed by atoms with E-state index in [9.17, 15) is 23.2 Å². The van der Waals surface area contributed by atoms with Crippen molar-refractivity contribution in [3.63, 3.8) is 0 Å². The predicted molar refractivity (Wildman–Crippen MR) is 195 cm³/mol. The Bertz CT molecular complexity index is 2250. The average Bonchev–Trinajstić information content (AvgIpc) is 3.34. The maximum absolute atomic E-state index is 15.8. The van der Waals surface area contributed by atoms with Crippen LogP contribution >= 0.6 is 11.3 Å². The number of aromatic nitrogens is 2. The van der Waals surface area contributed by atoms with Gasteiger partial charge in [0.05, 0.1) is 23.6 Å². The van der Waals surface area contributed by atoms with Crippen molar-refractivity contribution < 1.29 is 32.3 Å². The second kappa shape index (κ2) is 13.7. The lowest BCUT2D eigenvalue weighted by Crippen LogP contribution is -2.59. The molecule has 3 aliphatic heterocycles. The van der Waals surface area contributed by atoms with E-state index in [1.165, 1.54) is 0 Å². The molecule has 2 N–H and O–H groups in total. The zero-order chi connectivity index (χ0) is 36.9. The number of thiophene rings is 1. The largest absolute Gasteiger partial charge is 0.381 e. The van der Waals surface area contributed by atoms with Gasteiger partial charge in [0.1, 0.15) is 16.4 Å². The number of ether oxygens (including phenoxy) is 1. The predicted octanol–water partition coefficient (Wildman–Crippen LogP) is 7.26. The Kier molecular flexibility index (Phi) is 8.95. The highest BCUT2D eigenvalue weighted by Gasteiger charge is 2.45. The lowest BCUT2D eigenvalue weighted by molar-refractivity contribution is -0.000511. The average molecular weight is 739 g/mol. The lowest BCUT2D eigenvalue weighted by Gasteiger charge is -2.53. The number of aryl methyl sites for hydroxylation is 1. The van der Waals surface area contributed by atoms with Crippen molar-refractivity contribution in [2.75, 3.05) is 53.3 Å². The SMILES string of the molecule is Cc1cnc(N2CC3(CCOCC3)C2)c(C(=O)Nc2ccc(C(=O)N3CCc4c(sc(NC(=O)c5c(F)cncc5F)c4F)-c4ccccc43)cc2)c1. The molecule has 2 aromatic carbocycles. The molecule has 0 radical (unpaired) electrons. The molecule has 53 heavy (non-hydrogen) atoms. The van der Waals surface area contributed by atoms with E-state index < -0.39 is 28.9 Å². The smallest absolute Gasteiger partial charge is 0.262 e. The van der Waals surface area contributed by atoms with E-state index in [1.807, 2.05) is 13.0 Å². The molecule has 270 valence electrons. The molecule has 3 aromatic heterocycles. The van der Waals surface area contributed by atoms with Crippen molar-refractivity contribution in [3.8, 4) is 10.4 Å². The molecule has 2 saturated heterocycles. The summed E-state index contributed by atoms with van der Waals surface area (Å²) in [6, 6.07) is 15.5. The molecule has 3 amide bonds. The van der Waals surface area contributed by atoms with E-state index in [2.05, 4.69) is 25.5 Å². The van der Waals surface area contributed by atoms with Crippen molar-refractivity contribution in [1.29, 1.82) is 0 Å². The molecule has 2 fully saturated rings. The number of nitrogens with one attached hydrogen (secondary N) is 2. The van der Waals surface area contributed by atoms with Gasteiger partial charge >= 0.3 is 0 Å². The lowest BCUT2D eigenvalue weighted by atomic mass is 9.73. The Hall–Kier alpha value is -5.60. The Morgan fingerprint density at radius 2 is 1.62 bits per heavy atom. The van der Waals surface area contributed by atoms with Crippen molar-refractivity contribution in [1.82, 2.24) is 9.97 Å². The molecule has 10 nitrogen and oxygen atoms in total. The Morgan fingerprint density at radius 1 is 0.906 bits per heavy atom. The van der Waals surface area contributed by atoms with Crippen LogP contribution in [0.3, 0.4) is 0 Å². The summed E-state index contributed by atoms with van der Waals surface area (Å²) in [6.07, 6.45) is 5.28. The van der Waals surface area contributed by atoms with E-state index in [0.717, 1.165) is 56.0 Å². The number of amides is 3. The first-order chi connectivity index (χ1) is 25.6. The van der Waals surface area contributed by atoms with Crippen LogP contribution in [0, 0.1) is 29.8 Å². The second-order valence-electron chi connectivity index (χ2n) is 13.6. The second-order valence-corrected chi connectivity index (χ2v) is 14.6. The summed E-state index contributed by atoms with van der Waals surface area (Å²) in [7, 11) is 0. The zero-order valence-corrected chi connectivity index (χ0v) is 29.4. The summed E-state index contributed by atoms with van der Waals surface area (Å²) in [5.41, 5.74) is 2.92. The highest BCUT2D eigenvalue weighted by molar-refractivity contribution is 7.19. The minimum Gasteiger partial charge on any atom is -0.381 e. The van der Waals surface area contributed by atoms with Crippen LogP contribution in [0.5, 0.6) is 0 Å². The van der Waals surface area contributed by atoms with Crippen molar-refractivity contribution in [3.05, 3.63) is 118 Å². The van der Waals surface area contributed by atoms with E-state index in [4.69, 9.17) is 4.74 Å². The molecule has 0 atom stereocenters. The first-order valence-electron chi connectivity index (χ1n) is 17.1. The Morgan fingerprint density at radius 3 is 2.36 bits per heavy atom. The number of hydrogen-bond donors (Lipinski definition) is 2. The van der Waals surface area contributed by atoms with Crippen LogP contribution in [0.2, 0.25) is 0 Å². The van der Waals surface area contributed by atoms with Crippen molar-refractivity contribution in [2.45, 2.75) is 26.2 Å². The van der Waals surface area contributed by atoms with E-state index in [-0.39, 0.29) is 40.8 Å². The summed E-state index contributed by atoms with van der Waals surface area (Å²) >= 11 is 0.924. The normalized spacial score (nSPS) is 15.9. The monoisotopic (exact) mass is 738 g/mol. The van der Waals surface area contributed by atoms with Crippen LogP contribution in [0.1, 0.15) is 55.0 Å². The highest BCUT2D eigenvalue weighted by Crippen LogP contribution is 2.46. The number of anilines is 4. The standard InChI is InChI=1S/C39H33F3N6O4S/c1-22-16-27(34(44-17-22)47-20-39(21-47)11-14-52-15-12-39)35(49)45-24-8-6-23(7-9-24)38(51)48-13-10-26-32(42)37(53-33(26)25-4-2-3-5-30(25)48)46-36(50)31-28(40)18-43-19-29(31)41/h2-9,16-19H,10-15,20-21H2,1H3,(H,45,49)(H,46,50). The molecule has 3 aliphatic rings. The fourth-order valence-corrected chi connectivity index (χ4v) is 8.44. The van der Waals surface area contributed by atoms with Gasteiger partial charge in [0, 0.05) is 71.7 Å². The van der Waals surface area contributed by atoms with Gasteiger partial charge in [-0.2, -0.15) is 0 Å². The number of halogens is 3. The van der Waals surface area contributed by atoms with Gasteiger partial charge in [-0.3, -0.25) is 19.4 Å². The maximum atomic E-state index is 15.8. The van der Waals surface area contributed by atoms with Gasteiger partial charge in [-0.05, 0) is 68.1 Å². The van der Waals surface area contributed by atoms with Crippen LogP contribution in [0.4, 0.5) is 35.4 Å². The van der Waals surface area contributed by atoms with Crippen LogP contribution < -0.4 is 20.4 Å². The molecular weight excluding hydrogens is 706 g/mol. The topological polar surface area (TPSA) is 117 Å². The molecule has 5 aromatic rings. The van der Waals surface area contributed by atoms with Crippen molar-refractivity contribution >= 4 is 51.3 Å². The highest BCUT2D eigenvalue weighted by atomic mass is 32.1. The van der Waals surface area contributed by atoms with Gasteiger partial charge < -0.3 is 25.2 Å². The van der Waals surface area contributed by atoms with Crippen molar-refractivity contribution in [2.24, 2.45) is 5.41 Å². The summed E-state index contributed by atoms with van der Waals surface area (Å²) in [4.78, 5) is 52.5. The summed E-state index contributed by atoms with van der Waals surface area (Å²) in [5, 5.41) is 5.08. The molecule has 0 bridgehead atoms. The van der Waals surface area contributed by atoms with E-state index in [0.29, 0.717) is 51.2 Å². The van der Waals surface area contributed by atoms with Gasteiger partial charge in [-0.15, -0.1) is 11.3 Å². The number of benzene rings is 2. The number of pyridine rings is 2. The van der Waals surface area contributed by atoms with Crippen LogP contribution in [-0.2, 0) is 11.2 Å². The molecule has 0 saturated carbocycles. The van der Waals surface area contributed by atoms with Crippen LogP contribution in [0.15, 0.2) is 73.2 Å². The van der Waals surface area contributed by atoms with Gasteiger partial charge in [-0.1, -0.05) is 18.2 Å². The van der Waals surface area contributed by atoms with Gasteiger partial charge in [0.25, 0.3) is 17.7 Å². The minimum absolute atomic E-state index is 0.110. The van der Waals surface area contributed by atoms with E-state index >= 15 is 4.39 Å². The molecular formula is C39H33F3N6O4S. The fraction of sp³-hybridized carbons (Fsp3) is 0.256. The van der Waals surface area contributed by atoms with E-state index in [1.54, 1.807) is 59.6 Å². The molecule has 0 unspecified atom stereocenters. The number of fused-ring (bicyclic) bond motifs is 3. The molecule has 6 heterocycles. The summed E-state index contributed by atoms with van der Waals surface area (Å²) in [5.74, 6) is -4.19. The third-order valence-electron chi connectivity index (χ3n) is 10.1. The Balaban J connectivity index is 0.988. The van der Waals surface area contributed by atoms with Gasteiger partial charge in [0.2, 0.25) is 0 Å². The number of nitrogens with zero attached hydrogens (tertiary/aromatic N) is 4. The molecule has 8 rings (SSSR count). The zero-order valence-electron chi connectivity index (χ0n) is 28.5. The number of rotatable bonds is 6. The first kappa shape index (κ1) is 34.5. The summed E-state index contributed by atoms with van der Waals surface area (Å²) in [6.45, 7) is 5.17. The van der Waals surface area contributed by atoms with Gasteiger partial charge in [0.15, 0.2) is 17.5 Å². The number of carbonyl (C=O) groups excluding carboxylic acids is 3. The summed E-state index contributed by atoms with van der Waals surface area (Å²) < 4.78 is 49.8. The number of carbonyl (C=O) groups is 3. The molecule has 0 aliphatic carbocycles. The van der Waals surface area contributed by atoms with Crippen LogP contribution in [0.25, 0.3) is 10.4 Å². The minimum atomic E-state index is -1.17. The quantitative estimate of drug-likeness (QED) is 0.189.